The van der Waals surface area contributed by atoms with E-state index < -0.39 is 0 Å². The topological polar surface area (TPSA) is 92.1 Å². The number of nitriles is 1. The molecule has 0 aromatic carbocycles. The molecule has 1 aliphatic rings. The van der Waals surface area contributed by atoms with Gasteiger partial charge in [-0.15, -0.1) is 23.1 Å². The average Bonchev–Trinajstić information content (AvgIpc) is 3.14. The van der Waals surface area contributed by atoms with E-state index in [9.17, 15) is 14.9 Å². The molecule has 0 radical (unpaired) electrons. The Balaban J connectivity index is 1.66. The van der Waals surface area contributed by atoms with Gasteiger partial charge in [0.15, 0.2) is 0 Å². The molecule has 2 aromatic rings. The molecule has 3 rings (SSSR count). The first-order valence-corrected chi connectivity index (χ1v) is 13.4. The van der Waals surface area contributed by atoms with Crippen molar-refractivity contribution in [2.75, 3.05) is 17.7 Å². The molecule has 0 fully saturated rings. The summed E-state index contributed by atoms with van der Waals surface area (Å²) in [6.07, 6.45) is 6.08. The number of thiophene rings is 1. The van der Waals surface area contributed by atoms with Crippen molar-refractivity contribution in [1.29, 1.82) is 5.26 Å². The Labute approximate surface area is 204 Å². The minimum atomic E-state index is -0.360. The number of pyridine rings is 1. The maximum Gasteiger partial charge on any atom is 0.341 e. The molecule has 0 aliphatic heterocycles. The van der Waals surface area contributed by atoms with Crippen LogP contribution in [0.4, 0.5) is 5.00 Å². The SMILES string of the molecule is CCCCc1ccc(C#N)c(SCCC(=O)Nc2sc3c(c2C(=O)OCC)CCC(C)C3)n1. The van der Waals surface area contributed by atoms with Gasteiger partial charge < -0.3 is 10.1 Å². The second-order valence-corrected chi connectivity index (χ2v) is 10.5. The third-order valence-electron chi connectivity index (χ3n) is 5.64. The Morgan fingerprint density at radius 1 is 1.36 bits per heavy atom. The zero-order valence-corrected chi connectivity index (χ0v) is 21.2. The molecule has 1 N–H and O–H groups in total. The first-order chi connectivity index (χ1) is 16.0. The van der Waals surface area contributed by atoms with Crippen LogP contribution in [0.5, 0.6) is 0 Å². The van der Waals surface area contributed by atoms with E-state index in [-0.39, 0.29) is 18.3 Å². The van der Waals surface area contributed by atoms with Crippen molar-refractivity contribution in [3.05, 3.63) is 39.4 Å². The van der Waals surface area contributed by atoms with Gasteiger partial charge in [0.05, 0.1) is 17.7 Å². The smallest absolute Gasteiger partial charge is 0.341 e. The van der Waals surface area contributed by atoms with Crippen molar-refractivity contribution >= 4 is 40.0 Å². The lowest BCUT2D eigenvalue weighted by Gasteiger charge is -2.18. The summed E-state index contributed by atoms with van der Waals surface area (Å²) in [7, 11) is 0. The Kier molecular flexibility index (Phi) is 9.33. The van der Waals surface area contributed by atoms with Gasteiger partial charge >= 0.3 is 5.97 Å². The van der Waals surface area contributed by atoms with Crippen LogP contribution >= 0.6 is 23.1 Å². The molecule has 1 amide bonds. The zero-order chi connectivity index (χ0) is 23.8. The fourth-order valence-electron chi connectivity index (χ4n) is 3.86. The molecule has 0 saturated carbocycles. The van der Waals surface area contributed by atoms with E-state index in [1.165, 1.54) is 28.0 Å². The number of hydrogen-bond acceptors (Lipinski definition) is 7. The largest absolute Gasteiger partial charge is 0.462 e. The number of ether oxygens (including phenoxy) is 1. The molecular weight excluding hydrogens is 454 g/mol. The number of carbonyl (C=O) groups is 2. The number of thioether (sulfide) groups is 1. The molecule has 33 heavy (non-hydrogen) atoms. The van der Waals surface area contributed by atoms with Crippen LogP contribution in [0.1, 0.15) is 78.5 Å². The number of amides is 1. The van der Waals surface area contributed by atoms with Gasteiger partial charge in [-0.2, -0.15) is 5.26 Å². The first-order valence-electron chi connectivity index (χ1n) is 11.6. The second kappa shape index (κ2) is 12.2. The van der Waals surface area contributed by atoms with E-state index in [0.717, 1.165) is 49.8 Å². The number of unbranched alkanes of at least 4 members (excludes halogenated alkanes) is 1. The number of hydrogen-bond donors (Lipinski definition) is 1. The number of nitrogens with one attached hydrogen (secondary N) is 1. The van der Waals surface area contributed by atoms with E-state index >= 15 is 0 Å². The summed E-state index contributed by atoms with van der Waals surface area (Å²) in [6.45, 7) is 6.43. The van der Waals surface area contributed by atoms with Gasteiger partial charge in [-0.05, 0) is 62.6 Å². The van der Waals surface area contributed by atoms with E-state index in [2.05, 4.69) is 30.2 Å². The fourth-order valence-corrected chi connectivity index (χ4v) is 6.21. The van der Waals surface area contributed by atoms with Crippen LogP contribution in [0.25, 0.3) is 0 Å². The minimum Gasteiger partial charge on any atom is -0.462 e. The van der Waals surface area contributed by atoms with E-state index in [1.54, 1.807) is 6.92 Å². The summed E-state index contributed by atoms with van der Waals surface area (Å²) in [5, 5.41) is 13.6. The lowest BCUT2D eigenvalue weighted by Crippen LogP contribution is -2.17. The molecule has 1 aliphatic carbocycles. The summed E-state index contributed by atoms with van der Waals surface area (Å²) in [6, 6.07) is 5.90. The highest BCUT2D eigenvalue weighted by molar-refractivity contribution is 7.99. The van der Waals surface area contributed by atoms with Crippen LogP contribution in [0.2, 0.25) is 0 Å². The van der Waals surface area contributed by atoms with Crippen LogP contribution in [0.15, 0.2) is 17.2 Å². The van der Waals surface area contributed by atoms with E-state index in [1.807, 2.05) is 12.1 Å². The van der Waals surface area contributed by atoms with Crippen molar-refractivity contribution in [2.45, 2.75) is 70.7 Å². The monoisotopic (exact) mass is 485 g/mol. The van der Waals surface area contributed by atoms with Crippen molar-refractivity contribution < 1.29 is 14.3 Å². The van der Waals surface area contributed by atoms with Crippen LogP contribution < -0.4 is 5.32 Å². The number of anilines is 1. The molecule has 1 unspecified atom stereocenters. The van der Waals surface area contributed by atoms with Crippen molar-refractivity contribution in [3.8, 4) is 6.07 Å². The molecule has 0 saturated heterocycles. The molecular formula is C25H31N3O3S2. The summed E-state index contributed by atoms with van der Waals surface area (Å²) < 4.78 is 5.28. The summed E-state index contributed by atoms with van der Waals surface area (Å²) in [5.41, 5.74) is 3.07. The molecule has 1 atom stereocenters. The Morgan fingerprint density at radius 2 is 2.18 bits per heavy atom. The third-order valence-corrected chi connectivity index (χ3v) is 7.80. The third kappa shape index (κ3) is 6.58. The first kappa shape index (κ1) is 25.3. The Bertz CT molecular complexity index is 1040. The zero-order valence-electron chi connectivity index (χ0n) is 19.5. The van der Waals surface area contributed by atoms with Crippen LogP contribution in [-0.4, -0.2) is 29.2 Å². The summed E-state index contributed by atoms with van der Waals surface area (Å²) in [4.78, 5) is 31.1. The predicted molar refractivity (Wildman–Crippen MR) is 133 cm³/mol. The highest BCUT2D eigenvalue weighted by atomic mass is 32.2. The molecule has 0 bridgehead atoms. The normalized spacial score (nSPS) is 14.9. The lowest BCUT2D eigenvalue weighted by atomic mass is 9.88. The van der Waals surface area contributed by atoms with Gasteiger partial charge in [0.1, 0.15) is 16.1 Å². The number of fused-ring (bicyclic) bond motifs is 1. The summed E-state index contributed by atoms with van der Waals surface area (Å²) >= 11 is 2.92. The summed E-state index contributed by atoms with van der Waals surface area (Å²) in [5.74, 6) is 0.559. The highest BCUT2D eigenvalue weighted by Crippen LogP contribution is 2.40. The quantitative estimate of drug-likeness (QED) is 0.339. The van der Waals surface area contributed by atoms with Crippen LogP contribution in [0.3, 0.4) is 0 Å². The van der Waals surface area contributed by atoms with Gasteiger partial charge in [0.2, 0.25) is 5.91 Å². The average molecular weight is 486 g/mol. The van der Waals surface area contributed by atoms with Gasteiger partial charge in [0.25, 0.3) is 0 Å². The predicted octanol–water partition coefficient (Wildman–Crippen LogP) is 5.78. The van der Waals surface area contributed by atoms with E-state index in [0.29, 0.717) is 39.4 Å². The molecule has 2 heterocycles. The van der Waals surface area contributed by atoms with Crippen LogP contribution in [0, 0.1) is 17.2 Å². The Hall–Kier alpha value is -2.37. The molecule has 176 valence electrons. The van der Waals surface area contributed by atoms with Gasteiger partial charge in [-0.3, -0.25) is 4.79 Å². The fraction of sp³-hybridized carbons (Fsp3) is 0.520. The van der Waals surface area contributed by atoms with Gasteiger partial charge in [-0.1, -0.05) is 20.3 Å². The number of aromatic nitrogens is 1. The number of aryl methyl sites for hydroxylation is 1. The lowest BCUT2D eigenvalue weighted by molar-refractivity contribution is -0.115. The van der Waals surface area contributed by atoms with Gasteiger partial charge in [-0.25, -0.2) is 9.78 Å². The van der Waals surface area contributed by atoms with Crippen molar-refractivity contribution in [3.63, 3.8) is 0 Å². The van der Waals surface area contributed by atoms with Crippen molar-refractivity contribution in [1.82, 2.24) is 4.98 Å². The minimum absolute atomic E-state index is 0.152. The number of carbonyl (C=O) groups excluding carboxylic acids is 2. The highest BCUT2D eigenvalue weighted by Gasteiger charge is 2.29. The maximum atomic E-state index is 12.7. The van der Waals surface area contributed by atoms with Crippen molar-refractivity contribution in [2.24, 2.45) is 5.92 Å². The van der Waals surface area contributed by atoms with Crippen LogP contribution in [-0.2, 0) is 28.8 Å². The molecule has 2 aromatic heterocycles. The number of nitrogens with zero attached hydrogens (tertiary/aromatic N) is 2. The second-order valence-electron chi connectivity index (χ2n) is 8.29. The standard InChI is InChI=1S/C25H31N3O3S2/c1-4-6-7-18-10-9-17(15-26)23(27-18)32-13-12-21(29)28-24-22(25(30)31-5-2)19-11-8-16(3)14-20(19)33-24/h9-10,16H,4-8,11-14H2,1-3H3,(H,28,29). The maximum absolute atomic E-state index is 12.7. The molecule has 0 spiro atoms. The van der Waals surface area contributed by atoms with Gasteiger partial charge in [0, 0.05) is 22.7 Å². The number of esters is 1. The Morgan fingerprint density at radius 3 is 2.91 bits per heavy atom. The number of rotatable bonds is 10. The molecule has 8 heteroatoms. The molecule has 6 nitrogen and oxygen atoms in total. The van der Waals surface area contributed by atoms with E-state index in [4.69, 9.17) is 4.74 Å².